The van der Waals surface area contributed by atoms with Crippen LogP contribution in [0.2, 0.25) is 0 Å². The number of carbonyl (C=O) groups is 1. The molecule has 2 aromatic carbocycles. The normalized spacial score (nSPS) is 13.8. The Balaban J connectivity index is 1.14. The molecule has 0 saturated heterocycles. The lowest BCUT2D eigenvalue weighted by molar-refractivity contribution is -0.121. The SMILES string of the molecule is Cc1ccc(-c2noc(CCC(=O)NCCCN3CCc4ccccc4C3)n2)cc1. The van der Waals surface area contributed by atoms with Crippen molar-refractivity contribution < 1.29 is 9.32 Å². The van der Waals surface area contributed by atoms with Crippen molar-refractivity contribution in [3.63, 3.8) is 0 Å². The van der Waals surface area contributed by atoms with Gasteiger partial charge >= 0.3 is 0 Å². The van der Waals surface area contributed by atoms with E-state index < -0.39 is 0 Å². The van der Waals surface area contributed by atoms with Crippen LogP contribution in [0.5, 0.6) is 0 Å². The second-order valence-corrected chi connectivity index (χ2v) is 7.88. The monoisotopic (exact) mass is 404 g/mol. The molecule has 0 atom stereocenters. The third-order valence-electron chi connectivity index (χ3n) is 5.53. The van der Waals surface area contributed by atoms with Gasteiger partial charge in [-0.25, -0.2) is 0 Å². The summed E-state index contributed by atoms with van der Waals surface area (Å²) in [6.07, 6.45) is 2.86. The van der Waals surface area contributed by atoms with Crippen molar-refractivity contribution >= 4 is 5.91 Å². The first-order valence-electron chi connectivity index (χ1n) is 10.6. The number of aryl methyl sites for hydroxylation is 2. The van der Waals surface area contributed by atoms with Gasteiger partial charge in [0.05, 0.1) is 0 Å². The van der Waals surface area contributed by atoms with Crippen molar-refractivity contribution in [3.8, 4) is 11.4 Å². The summed E-state index contributed by atoms with van der Waals surface area (Å²) in [5, 5.41) is 7.01. The Labute approximate surface area is 177 Å². The Bertz CT molecular complexity index is 981. The highest BCUT2D eigenvalue weighted by Crippen LogP contribution is 2.18. The van der Waals surface area contributed by atoms with Crippen LogP contribution >= 0.6 is 0 Å². The van der Waals surface area contributed by atoms with Crippen LogP contribution in [0, 0.1) is 6.92 Å². The third kappa shape index (κ3) is 5.33. The molecule has 1 aromatic heterocycles. The van der Waals surface area contributed by atoms with Gasteiger partial charge in [0.15, 0.2) is 0 Å². The molecular formula is C24H28N4O2. The van der Waals surface area contributed by atoms with Crippen LogP contribution in [0.4, 0.5) is 0 Å². The van der Waals surface area contributed by atoms with Crippen LogP contribution < -0.4 is 5.32 Å². The van der Waals surface area contributed by atoms with Crippen LogP contribution in [0.1, 0.15) is 35.4 Å². The number of rotatable bonds is 8. The molecule has 0 aliphatic carbocycles. The summed E-state index contributed by atoms with van der Waals surface area (Å²) in [7, 11) is 0. The summed E-state index contributed by atoms with van der Waals surface area (Å²) < 4.78 is 5.29. The van der Waals surface area contributed by atoms with E-state index in [-0.39, 0.29) is 5.91 Å². The van der Waals surface area contributed by atoms with Crippen molar-refractivity contribution in [1.82, 2.24) is 20.4 Å². The number of nitrogens with one attached hydrogen (secondary N) is 1. The highest BCUT2D eigenvalue weighted by molar-refractivity contribution is 5.76. The minimum absolute atomic E-state index is 0.0223. The second kappa shape index (κ2) is 9.67. The van der Waals surface area contributed by atoms with Gasteiger partial charge < -0.3 is 9.84 Å². The van der Waals surface area contributed by atoms with Crippen LogP contribution in [-0.2, 0) is 24.2 Å². The fourth-order valence-corrected chi connectivity index (χ4v) is 3.76. The van der Waals surface area contributed by atoms with E-state index in [0.29, 0.717) is 31.1 Å². The Kier molecular flexibility index (Phi) is 6.54. The van der Waals surface area contributed by atoms with E-state index in [1.807, 2.05) is 31.2 Å². The minimum Gasteiger partial charge on any atom is -0.356 e. The van der Waals surface area contributed by atoms with Crippen LogP contribution in [-0.4, -0.2) is 40.6 Å². The highest BCUT2D eigenvalue weighted by atomic mass is 16.5. The summed E-state index contributed by atoms with van der Waals surface area (Å²) in [5.41, 5.74) is 5.00. The fraction of sp³-hybridized carbons (Fsp3) is 0.375. The fourth-order valence-electron chi connectivity index (χ4n) is 3.76. The molecule has 6 heteroatoms. The predicted molar refractivity (Wildman–Crippen MR) is 116 cm³/mol. The molecule has 0 saturated carbocycles. The van der Waals surface area contributed by atoms with Crippen molar-refractivity contribution in [2.24, 2.45) is 0 Å². The first-order chi connectivity index (χ1) is 14.7. The number of aromatic nitrogens is 2. The lowest BCUT2D eigenvalue weighted by Crippen LogP contribution is -2.33. The summed E-state index contributed by atoms with van der Waals surface area (Å²) in [6.45, 7) is 5.82. The van der Waals surface area contributed by atoms with Crippen LogP contribution in [0.3, 0.4) is 0 Å². The maximum atomic E-state index is 12.1. The zero-order chi connectivity index (χ0) is 20.8. The summed E-state index contributed by atoms with van der Waals surface area (Å²) in [4.78, 5) is 19.0. The van der Waals surface area contributed by atoms with E-state index in [0.717, 1.165) is 38.0 Å². The zero-order valence-corrected chi connectivity index (χ0v) is 17.4. The molecular weight excluding hydrogens is 376 g/mol. The van der Waals surface area contributed by atoms with E-state index >= 15 is 0 Å². The Morgan fingerprint density at radius 1 is 1.13 bits per heavy atom. The molecule has 4 rings (SSSR count). The van der Waals surface area contributed by atoms with Crippen molar-refractivity contribution in [2.75, 3.05) is 19.6 Å². The summed E-state index contributed by atoms with van der Waals surface area (Å²) in [5.74, 6) is 1.08. The zero-order valence-electron chi connectivity index (χ0n) is 17.4. The lowest BCUT2D eigenvalue weighted by atomic mass is 10.00. The third-order valence-corrected chi connectivity index (χ3v) is 5.53. The largest absolute Gasteiger partial charge is 0.356 e. The van der Waals surface area contributed by atoms with Gasteiger partial charge in [0.25, 0.3) is 0 Å². The van der Waals surface area contributed by atoms with E-state index in [1.165, 1.54) is 16.7 Å². The summed E-state index contributed by atoms with van der Waals surface area (Å²) >= 11 is 0. The molecule has 0 spiro atoms. The number of hydrogen-bond acceptors (Lipinski definition) is 5. The van der Waals surface area contributed by atoms with Gasteiger partial charge in [0.1, 0.15) is 0 Å². The molecule has 0 fully saturated rings. The number of benzene rings is 2. The van der Waals surface area contributed by atoms with Gasteiger partial charge in [-0.3, -0.25) is 9.69 Å². The molecule has 30 heavy (non-hydrogen) atoms. The van der Waals surface area contributed by atoms with E-state index in [4.69, 9.17) is 4.52 Å². The van der Waals surface area contributed by atoms with Gasteiger partial charge in [0, 0.05) is 44.6 Å². The van der Waals surface area contributed by atoms with E-state index in [9.17, 15) is 4.79 Å². The average molecular weight is 405 g/mol. The number of fused-ring (bicyclic) bond motifs is 1. The lowest BCUT2D eigenvalue weighted by Gasteiger charge is -2.28. The standard InChI is InChI=1S/C24H28N4O2/c1-18-7-9-20(10-8-18)24-26-23(30-27-24)12-11-22(29)25-14-4-15-28-16-13-19-5-2-3-6-21(19)17-28/h2-3,5-10H,4,11-17H2,1H3,(H,25,29). The number of nitrogens with zero attached hydrogens (tertiary/aromatic N) is 3. The quantitative estimate of drug-likeness (QED) is 0.582. The van der Waals surface area contributed by atoms with Crippen LogP contribution in [0.15, 0.2) is 53.1 Å². The first kappa shape index (κ1) is 20.3. The number of amides is 1. The Morgan fingerprint density at radius 3 is 2.77 bits per heavy atom. The van der Waals surface area contributed by atoms with Crippen LogP contribution in [0.25, 0.3) is 11.4 Å². The maximum absolute atomic E-state index is 12.1. The van der Waals surface area contributed by atoms with Gasteiger partial charge in [0.2, 0.25) is 17.6 Å². The van der Waals surface area contributed by atoms with Gasteiger partial charge in [-0.1, -0.05) is 59.3 Å². The summed E-state index contributed by atoms with van der Waals surface area (Å²) in [6, 6.07) is 16.6. The smallest absolute Gasteiger partial charge is 0.227 e. The van der Waals surface area contributed by atoms with Crippen molar-refractivity contribution in [3.05, 3.63) is 71.1 Å². The minimum atomic E-state index is 0.0223. The molecule has 1 amide bonds. The molecule has 2 heterocycles. The molecule has 0 unspecified atom stereocenters. The Morgan fingerprint density at radius 2 is 1.93 bits per heavy atom. The maximum Gasteiger partial charge on any atom is 0.227 e. The van der Waals surface area contributed by atoms with Gasteiger partial charge in [-0.2, -0.15) is 4.98 Å². The van der Waals surface area contributed by atoms with E-state index in [1.54, 1.807) is 0 Å². The Hall–Kier alpha value is -2.99. The second-order valence-electron chi connectivity index (χ2n) is 7.88. The molecule has 0 radical (unpaired) electrons. The number of hydrogen-bond donors (Lipinski definition) is 1. The first-order valence-corrected chi connectivity index (χ1v) is 10.6. The van der Waals surface area contributed by atoms with E-state index in [2.05, 4.69) is 44.6 Å². The predicted octanol–water partition coefficient (Wildman–Crippen LogP) is 3.54. The molecule has 1 N–H and O–H groups in total. The topological polar surface area (TPSA) is 71.3 Å². The number of carbonyl (C=O) groups excluding carboxylic acids is 1. The molecule has 156 valence electrons. The molecule has 6 nitrogen and oxygen atoms in total. The molecule has 0 bridgehead atoms. The highest BCUT2D eigenvalue weighted by Gasteiger charge is 2.15. The molecule has 1 aliphatic heterocycles. The van der Waals surface area contributed by atoms with Crippen molar-refractivity contribution in [1.29, 1.82) is 0 Å². The van der Waals surface area contributed by atoms with Crippen molar-refractivity contribution in [2.45, 2.75) is 39.2 Å². The molecule has 1 aliphatic rings. The molecule has 3 aromatic rings. The average Bonchev–Trinajstić information content (AvgIpc) is 3.25. The van der Waals surface area contributed by atoms with Gasteiger partial charge in [-0.05, 0) is 30.9 Å². The van der Waals surface area contributed by atoms with Gasteiger partial charge in [-0.15, -0.1) is 0 Å².